The first-order chi connectivity index (χ1) is 11.5. The Kier molecular flexibility index (Phi) is 4.69. The van der Waals surface area contributed by atoms with Crippen molar-refractivity contribution in [3.05, 3.63) is 57.9 Å². The lowest BCUT2D eigenvalue weighted by Crippen LogP contribution is -1.91. The number of phenols is 2. The molecule has 122 valence electrons. The first-order valence-corrected chi connectivity index (χ1v) is 8.32. The number of halogens is 1. The average Bonchev–Trinajstić information content (AvgIpc) is 3.00. The Balaban J connectivity index is 1.74. The molecule has 0 aliphatic rings. The smallest absolute Gasteiger partial charge is 0.203 e. The summed E-state index contributed by atoms with van der Waals surface area (Å²) < 4.78 is 0. The van der Waals surface area contributed by atoms with Gasteiger partial charge in [-0.25, -0.2) is 4.98 Å². The van der Waals surface area contributed by atoms with E-state index >= 15 is 0 Å². The highest BCUT2D eigenvalue weighted by molar-refractivity contribution is 7.14. The molecule has 0 aliphatic carbocycles. The second-order valence-corrected chi connectivity index (χ2v) is 6.43. The molecular formula is C17H14ClN3O2S. The zero-order valence-corrected chi connectivity index (χ0v) is 14.3. The summed E-state index contributed by atoms with van der Waals surface area (Å²) in [6.45, 7) is 1.90. The minimum absolute atomic E-state index is 0.115. The standard InChI is InChI=1S/C17H14ClN3O2S/c1-10-2-3-11(16(23)6-10)8-19-21-17-20-14(9-24-17)13-7-12(18)4-5-15(13)22/h2-9,22-23H,1H3,(H,20,21)/b19-8+. The van der Waals surface area contributed by atoms with Crippen molar-refractivity contribution in [2.24, 2.45) is 5.10 Å². The van der Waals surface area contributed by atoms with Gasteiger partial charge in [0.15, 0.2) is 0 Å². The molecule has 0 aliphatic heterocycles. The Bertz CT molecular complexity index is 909. The number of anilines is 1. The lowest BCUT2D eigenvalue weighted by Gasteiger charge is -2.01. The van der Waals surface area contributed by atoms with Crippen LogP contribution in [-0.2, 0) is 0 Å². The molecule has 0 saturated carbocycles. The van der Waals surface area contributed by atoms with Gasteiger partial charge in [0, 0.05) is 21.5 Å². The highest BCUT2D eigenvalue weighted by atomic mass is 35.5. The number of nitrogens with one attached hydrogen (secondary N) is 1. The lowest BCUT2D eigenvalue weighted by molar-refractivity contribution is 0.474. The van der Waals surface area contributed by atoms with Crippen molar-refractivity contribution < 1.29 is 10.2 Å². The van der Waals surface area contributed by atoms with Crippen LogP contribution in [-0.4, -0.2) is 21.4 Å². The molecule has 0 unspecified atom stereocenters. The summed E-state index contributed by atoms with van der Waals surface area (Å²) in [6.07, 6.45) is 1.52. The first kappa shape index (κ1) is 16.3. The van der Waals surface area contributed by atoms with Crippen LogP contribution < -0.4 is 5.43 Å². The molecule has 1 aromatic heterocycles. The van der Waals surface area contributed by atoms with Crippen LogP contribution in [0.2, 0.25) is 5.02 Å². The van der Waals surface area contributed by atoms with Crippen LogP contribution in [0.4, 0.5) is 5.13 Å². The molecule has 0 fully saturated rings. The number of aromatic hydroxyl groups is 2. The molecule has 2 aromatic carbocycles. The molecule has 5 nitrogen and oxygen atoms in total. The van der Waals surface area contributed by atoms with E-state index in [4.69, 9.17) is 11.6 Å². The van der Waals surface area contributed by atoms with E-state index in [0.29, 0.717) is 27.0 Å². The number of aryl methyl sites for hydroxylation is 1. The third-order valence-corrected chi connectivity index (χ3v) is 4.27. The number of hydrogen-bond donors (Lipinski definition) is 3. The lowest BCUT2D eigenvalue weighted by atomic mass is 10.1. The zero-order chi connectivity index (χ0) is 17.1. The fourth-order valence-corrected chi connectivity index (χ4v) is 2.91. The van der Waals surface area contributed by atoms with Crippen LogP contribution in [0.5, 0.6) is 11.5 Å². The maximum Gasteiger partial charge on any atom is 0.203 e. The minimum atomic E-state index is 0.115. The molecule has 1 heterocycles. The monoisotopic (exact) mass is 359 g/mol. The van der Waals surface area contributed by atoms with Crippen LogP contribution in [0.1, 0.15) is 11.1 Å². The molecule has 0 radical (unpaired) electrons. The number of phenolic OH excluding ortho intramolecular Hbond substituents is 2. The molecule has 0 saturated heterocycles. The van der Waals surface area contributed by atoms with E-state index < -0.39 is 0 Å². The van der Waals surface area contributed by atoms with Crippen molar-refractivity contribution >= 4 is 34.3 Å². The number of benzene rings is 2. The van der Waals surface area contributed by atoms with E-state index in [1.165, 1.54) is 23.6 Å². The molecule has 0 bridgehead atoms. The largest absolute Gasteiger partial charge is 0.507 e. The van der Waals surface area contributed by atoms with E-state index in [9.17, 15) is 10.2 Å². The number of nitrogens with zero attached hydrogens (tertiary/aromatic N) is 2. The van der Waals surface area contributed by atoms with E-state index in [1.807, 2.05) is 13.0 Å². The highest BCUT2D eigenvalue weighted by Gasteiger charge is 2.09. The molecular weight excluding hydrogens is 346 g/mol. The maximum absolute atomic E-state index is 9.90. The number of rotatable bonds is 4. The molecule has 0 atom stereocenters. The Morgan fingerprint density at radius 1 is 1.17 bits per heavy atom. The van der Waals surface area contributed by atoms with Crippen molar-refractivity contribution in [2.45, 2.75) is 6.92 Å². The third kappa shape index (κ3) is 3.67. The summed E-state index contributed by atoms with van der Waals surface area (Å²) >= 11 is 7.30. The van der Waals surface area contributed by atoms with Crippen LogP contribution >= 0.6 is 22.9 Å². The average molecular weight is 360 g/mol. The Labute approximate surface area is 147 Å². The number of thiazole rings is 1. The van der Waals surface area contributed by atoms with Crippen LogP contribution in [0.15, 0.2) is 46.9 Å². The molecule has 7 heteroatoms. The first-order valence-electron chi connectivity index (χ1n) is 7.06. The van der Waals surface area contributed by atoms with Crippen molar-refractivity contribution in [2.75, 3.05) is 5.43 Å². The van der Waals surface area contributed by atoms with Gasteiger partial charge < -0.3 is 10.2 Å². The van der Waals surface area contributed by atoms with Gasteiger partial charge in [-0.3, -0.25) is 5.43 Å². The van der Waals surface area contributed by atoms with Gasteiger partial charge in [-0.1, -0.05) is 17.7 Å². The second kappa shape index (κ2) is 6.90. The Morgan fingerprint density at radius 2 is 2.00 bits per heavy atom. The van der Waals surface area contributed by atoms with Crippen molar-refractivity contribution in [1.29, 1.82) is 0 Å². The topological polar surface area (TPSA) is 77.7 Å². The predicted octanol–water partition coefficient (Wildman–Crippen LogP) is 4.63. The van der Waals surface area contributed by atoms with Crippen LogP contribution in [0.3, 0.4) is 0 Å². The van der Waals surface area contributed by atoms with Gasteiger partial charge in [-0.05, 0) is 42.8 Å². The SMILES string of the molecule is Cc1ccc(/C=N/Nc2nc(-c3cc(Cl)ccc3O)cs2)c(O)c1. The molecule has 3 N–H and O–H groups in total. The van der Waals surface area contributed by atoms with Gasteiger partial charge in [0.1, 0.15) is 11.5 Å². The normalized spacial score (nSPS) is 11.1. The van der Waals surface area contributed by atoms with Crippen LogP contribution in [0.25, 0.3) is 11.3 Å². The number of hydrogen-bond acceptors (Lipinski definition) is 6. The Hall–Kier alpha value is -2.57. The van der Waals surface area contributed by atoms with Crippen molar-refractivity contribution in [1.82, 2.24) is 4.98 Å². The van der Waals surface area contributed by atoms with E-state index in [1.54, 1.807) is 29.6 Å². The summed E-state index contributed by atoms with van der Waals surface area (Å²) in [6, 6.07) is 10.2. The van der Waals surface area contributed by atoms with Gasteiger partial charge in [0.25, 0.3) is 0 Å². The third-order valence-electron chi connectivity index (χ3n) is 3.29. The molecule has 3 aromatic rings. The Morgan fingerprint density at radius 3 is 2.79 bits per heavy atom. The van der Waals surface area contributed by atoms with Gasteiger partial charge in [-0.15, -0.1) is 11.3 Å². The van der Waals surface area contributed by atoms with Gasteiger partial charge in [0.2, 0.25) is 5.13 Å². The number of aromatic nitrogens is 1. The summed E-state index contributed by atoms with van der Waals surface area (Å²) in [5.74, 6) is 0.286. The summed E-state index contributed by atoms with van der Waals surface area (Å²) in [5.41, 5.74) is 5.56. The summed E-state index contributed by atoms with van der Waals surface area (Å²) in [7, 11) is 0. The maximum atomic E-state index is 9.90. The minimum Gasteiger partial charge on any atom is -0.507 e. The zero-order valence-electron chi connectivity index (χ0n) is 12.7. The molecule has 24 heavy (non-hydrogen) atoms. The van der Waals surface area contributed by atoms with E-state index in [-0.39, 0.29) is 11.5 Å². The molecule has 3 rings (SSSR count). The highest BCUT2D eigenvalue weighted by Crippen LogP contribution is 2.33. The van der Waals surface area contributed by atoms with Crippen LogP contribution in [0, 0.1) is 6.92 Å². The van der Waals surface area contributed by atoms with E-state index in [2.05, 4.69) is 15.5 Å². The summed E-state index contributed by atoms with van der Waals surface area (Å²) in [4.78, 5) is 4.36. The molecule has 0 spiro atoms. The van der Waals surface area contributed by atoms with E-state index in [0.717, 1.165) is 5.56 Å². The molecule has 0 amide bonds. The fraction of sp³-hybridized carbons (Fsp3) is 0.0588. The second-order valence-electron chi connectivity index (χ2n) is 5.13. The van der Waals surface area contributed by atoms with Crippen molar-refractivity contribution in [3.63, 3.8) is 0 Å². The fourth-order valence-electron chi connectivity index (χ4n) is 2.08. The van der Waals surface area contributed by atoms with Crippen molar-refractivity contribution in [3.8, 4) is 22.8 Å². The van der Waals surface area contributed by atoms with Gasteiger partial charge >= 0.3 is 0 Å². The predicted molar refractivity (Wildman–Crippen MR) is 98.3 cm³/mol. The quantitative estimate of drug-likeness (QED) is 0.469. The summed E-state index contributed by atoms with van der Waals surface area (Å²) in [5, 5.41) is 26.7. The van der Waals surface area contributed by atoms with Gasteiger partial charge in [-0.2, -0.15) is 5.10 Å². The number of hydrazone groups is 1. The van der Waals surface area contributed by atoms with Gasteiger partial charge in [0.05, 0.1) is 11.9 Å².